The number of pyridine rings is 1. The van der Waals surface area contributed by atoms with Crippen LogP contribution in [0.3, 0.4) is 0 Å². The van der Waals surface area contributed by atoms with Crippen LogP contribution in [0.5, 0.6) is 5.88 Å². The van der Waals surface area contributed by atoms with Crippen LogP contribution in [0, 0.1) is 12.3 Å². The van der Waals surface area contributed by atoms with E-state index < -0.39 is 0 Å². The Balaban J connectivity index is 2.57. The number of hydrogen-bond acceptors (Lipinski definition) is 3. The first-order chi connectivity index (χ1) is 8.40. The lowest BCUT2D eigenvalue weighted by atomic mass is 9.93. The second-order valence-corrected chi connectivity index (χ2v) is 5.89. The van der Waals surface area contributed by atoms with Crippen molar-refractivity contribution in [1.82, 2.24) is 10.3 Å². The Morgan fingerprint density at radius 1 is 1.28 bits per heavy atom. The zero-order valence-electron chi connectivity index (χ0n) is 12.3. The van der Waals surface area contributed by atoms with Crippen molar-refractivity contribution in [2.75, 3.05) is 13.2 Å². The van der Waals surface area contributed by atoms with Gasteiger partial charge in [0.1, 0.15) is 0 Å². The van der Waals surface area contributed by atoms with E-state index in [1.165, 1.54) is 5.56 Å². The fourth-order valence-corrected chi connectivity index (χ4v) is 1.61. The molecule has 0 aliphatic heterocycles. The SMILES string of the molecule is CCNCc1cc(C)nc(OCCC(C)(C)C)c1. The predicted octanol–water partition coefficient (Wildman–Crippen LogP) is 3.31. The van der Waals surface area contributed by atoms with Crippen LogP contribution in [0.4, 0.5) is 0 Å². The minimum Gasteiger partial charge on any atom is -0.478 e. The lowest BCUT2D eigenvalue weighted by Gasteiger charge is -2.18. The molecule has 0 saturated carbocycles. The molecule has 0 spiro atoms. The lowest BCUT2D eigenvalue weighted by molar-refractivity contribution is 0.236. The molecule has 1 heterocycles. The molecule has 0 unspecified atom stereocenters. The van der Waals surface area contributed by atoms with E-state index in [9.17, 15) is 0 Å². The molecule has 0 radical (unpaired) electrons. The summed E-state index contributed by atoms with van der Waals surface area (Å²) in [5.74, 6) is 0.743. The topological polar surface area (TPSA) is 34.2 Å². The first-order valence-electron chi connectivity index (χ1n) is 6.72. The number of rotatable bonds is 6. The lowest BCUT2D eigenvalue weighted by Crippen LogP contribution is -2.13. The number of aromatic nitrogens is 1. The average molecular weight is 250 g/mol. The highest BCUT2D eigenvalue weighted by Gasteiger charge is 2.10. The maximum Gasteiger partial charge on any atom is 0.213 e. The molecule has 0 atom stereocenters. The second kappa shape index (κ2) is 6.74. The third-order valence-corrected chi connectivity index (χ3v) is 2.67. The van der Waals surface area contributed by atoms with Crippen molar-refractivity contribution in [3.8, 4) is 5.88 Å². The quantitative estimate of drug-likeness (QED) is 0.841. The van der Waals surface area contributed by atoms with Gasteiger partial charge in [0.2, 0.25) is 5.88 Å². The van der Waals surface area contributed by atoms with Crippen LogP contribution in [0.25, 0.3) is 0 Å². The standard InChI is InChI=1S/C15H26N2O/c1-6-16-11-13-9-12(2)17-14(10-13)18-8-7-15(3,4)5/h9-10,16H,6-8,11H2,1-5H3. The number of hydrogen-bond donors (Lipinski definition) is 1. The van der Waals surface area contributed by atoms with Gasteiger partial charge in [-0.2, -0.15) is 0 Å². The summed E-state index contributed by atoms with van der Waals surface area (Å²) >= 11 is 0. The molecule has 0 aromatic carbocycles. The summed E-state index contributed by atoms with van der Waals surface area (Å²) in [6.45, 7) is 13.3. The van der Waals surface area contributed by atoms with E-state index in [2.05, 4.69) is 44.1 Å². The molecule has 0 aliphatic carbocycles. The van der Waals surface area contributed by atoms with E-state index in [1.54, 1.807) is 0 Å². The van der Waals surface area contributed by atoms with Gasteiger partial charge in [-0.3, -0.25) is 0 Å². The molecule has 0 aliphatic rings. The van der Waals surface area contributed by atoms with Gasteiger partial charge in [-0.1, -0.05) is 27.7 Å². The van der Waals surface area contributed by atoms with Gasteiger partial charge < -0.3 is 10.1 Å². The molecule has 0 fully saturated rings. The van der Waals surface area contributed by atoms with Crippen LogP contribution in [-0.2, 0) is 6.54 Å². The van der Waals surface area contributed by atoms with E-state index >= 15 is 0 Å². The van der Waals surface area contributed by atoms with Crippen LogP contribution < -0.4 is 10.1 Å². The molecule has 1 aromatic heterocycles. The molecular weight excluding hydrogens is 224 g/mol. The van der Waals surface area contributed by atoms with E-state index in [0.29, 0.717) is 5.41 Å². The highest BCUT2D eigenvalue weighted by Crippen LogP contribution is 2.19. The summed E-state index contributed by atoms with van der Waals surface area (Å²) in [5.41, 5.74) is 2.54. The number of aryl methyl sites for hydroxylation is 1. The maximum atomic E-state index is 5.74. The van der Waals surface area contributed by atoms with E-state index in [1.807, 2.05) is 13.0 Å². The minimum atomic E-state index is 0.302. The van der Waals surface area contributed by atoms with Crippen molar-refractivity contribution in [2.24, 2.45) is 5.41 Å². The third-order valence-electron chi connectivity index (χ3n) is 2.67. The van der Waals surface area contributed by atoms with E-state index in [4.69, 9.17) is 4.74 Å². The van der Waals surface area contributed by atoms with Crippen LogP contribution in [0.15, 0.2) is 12.1 Å². The predicted molar refractivity (Wildman–Crippen MR) is 75.9 cm³/mol. The Morgan fingerprint density at radius 2 is 2.00 bits per heavy atom. The first-order valence-corrected chi connectivity index (χ1v) is 6.72. The molecule has 0 bridgehead atoms. The van der Waals surface area contributed by atoms with Gasteiger partial charge in [-0.15, -0.1) is 0 Å². The Kier molecular flexibility index (Phi) is 5.60. The van der Waals surface area contributed by atoms with Crippen LogP contribution in [0.2, 0.25) is 0 Å². The van der Waals surface area contributed by atoms with Gasteiger partial charge in [0, 0.05) is 18.3 Å². The summed E-state index contributed by atoms with van der Waals surface area (Å²) in [5, 5.41) is 3.32. The number of nitrogens with one attached hydrogen (secondary N) is 1. The fourth-order valence-electron chi connectivity index (χ4n) is 1.61. The molecular formula is C15H26N2O. The van der Waals surface area contributed by atoms with Crippen LogP contribution in [0.1, 0.15) is 45.4 Å². The van der Waals surface area contributed by atoms with Gasteiger partial charge in [-0.05, 0) is 36.9 Å². The summed E-state index contributed by atoms with van der Waals surface area (Å²) in [4.78, 5) is 4.41. The monoisotopic (exact) mass is 250 g/mol. The molecule has 1 aromatic rings. The fraction of sp³-hybridized carbons (Fsp3) is 0.667. The Morgan fingerprint density at radius 3 is 2.61 bits per heavy atom. The van der Waals surface area contributed by atoms with Crippen molar-refractivity contribution >= 4 is 0 Å². The van der Waals surface area contributed by atoms with Gasteiger partial charge in [-0.25, -0.2) is 4.98 Å². The second-order valence-electron chi connectivity index (χ2n) is 5.89. The molecule has 3 nitrogen and oxygen atoms in total. The normalized spacial score (nSPS) is 11.6. The molecule has 1 N–H and O–H groups in total. The zero-order chi connectivity index (χ0) is 13.6. The largest absolute Gasteiger partial charge is 0.478 e. The number of nitrogens with zero attached hydrogens (tertiary/aromatic N) is 1. The van der Waals surface area contributed by atoms with Gasteiger partial charge >= 0.3 is 0 Å². The summed E-state index contributed by atoms with van der Waals surface area (Å²) in [7, 11) is 0. The smallest absolute Gasteiger partial charge is 0.213 e. The Hall–Kier alpha value is -1.09. The molecule has 18 heavy (non-hydrogen) atoms. The highest BCUT2D eigenvalue weighted by atomic mass is 16.5. The molecule has 3 heteroatoms. The van der Waals surface area contributed by atoms with Gasteiger partial charge in [0.05, 0.1) is 6.61 Å². The van der Waals surface area contributed by atoms with E-state index in [-0.39, 0.29) is 0 Å². The van der Waals surface area contributed by atoms with Crippen LogP contribution >= 0.6 is 0 Å². The zero-order valence-corrected chi connectivity index (χ0v) is 12.3. The van der Waals surface area contributed by atoms with Gasteiger partial charge in [0.15, 0.2) is 0 Å². The van der Waals surface area contributed by atoms with Crippen molar-refractivity contribution < 1.29 is 4.74 Å². The van der Waals surface area contributed by atoms with Crippen molar-refractivity contribution in [3.05, 3.63) is 23.4 Å². The Bertz CT molecular complexity index is 369. The molecule has 102 valence electrons. The van der Waals surface area contributed by atoms with Crippen molar-refractivity contribution in [1.29, 1.82) is 0 Å². The third kappa shape index (κ3) is 6.01. The molecule has 0 saturated heterocycles. The van der Waals surface area contributed by atoms with E-state index in [0.717, 1.165) is 37.7 Å². The van der Waals surface area contributed by atoms with Crippen LogP contribution in [-0.4, -0.2) is 18.1 Å². The minimum absolute atomic E-state index is 0.302. The molecule has 0 amide bonds. The molecule has 1 rings (SSSR count). The summed E-state index contributed by atoms with van der Waals surface area (Å²) in [6, 6.07) is 4.12. The average Bonchev–Trinajstić information content (AvgIpc) is 2.24. The Labute approximate surface area is 111 Å². The van der Waals surface area contributed by atoms with Gasteiger partial charge in [0.25, 0.3) is 0 Å². The number of ether oxygens (including phenoxy) is 1. The van der Waals surface area contributed by atoms with Crippen molar-refractivity contribution in [3.63, 3.8) is 0 Å². The summed E-state index contributed by atoms with van der Waals surface area (Å²) in [6.07, 6.45) is 1.03. The van der Waals surface area contributed by atoms with Crippen molar-refractivity contribution in [2.45, 2.75) is 47.6 Å². The first kappa shape index (κ1) is 15.0. The highest BCUT2D eigenvalue weighted by molar-refractivity contribution is 5.24. The summed E-state index contributed by atoms with van der Waals surface area (Å²) < 4.78 is 5.74. The maximum absolute atomic E-state index is 5.74.